The van der Waals surface area contributed by atoms with Crippen LogP contribution in [0.3, 0.4) is 0 Å². The summed E-state index contributed by atoms with van der Waals surface area (Å²) in [6.45, 7) is 1.85. The maximum absolute atomic E-state index is 13.1. The molecule has 30 heavy (non-hydrogen) atoms. The summed E-state index contributed by atoms with van der Waals surface area (Å²) in [5.41, 5.74) is 0.817. The molecule has 2 aromatic carbocycles. The number of carbonyl (C=O) groups is 1. The lowest BCUT2D eigenvalue weighted by Gasteiger charge is -2.24. The molecule has 1 atom stereocenters. The van der Waals surface area contributed by atoms with Gasteiger partial charge in [-0.05, 0) is 48.9 Å². The predicted molar refractivity (Wildman–Crippen MR) is 107 cm³/mol. The van der Waals surface area contributed by atoms with Crippen molar-refractivity contribution in [1.82, 2.24) is 0 Å². The smallest absolute Gasteiger partial charge is 0.356 e. The van der Waals surface area contributed by atoms with Crippen molar-refractivity contribution in [2.24, 2.45) is 0 Å². The topological polar surface area (TPSA) is 88.1 Å². The van der Waals surface area contributed by atoms with Crippen LogP contribution in [-0.4, -0.2) is 18.7 Å². The van der Waals surface area contributed by atoms with Crippen LogP contribution in [0.15, 0.2) is 74.5 Å². The monoisotopic (exact) mass is 404 g/mol. The van der Waals surface area contributed by atoms with Crippen LogP contribution in [0.4, 0.5) is 0 Å². The summed E-state index contributed by atoms with van der Waals surface area (Å²) in [6.07, 6.45) is 0.411. The highest BCUT2D eigenvalue weighted by Gasteiger charge is 2.31. The van der Waals surface area contributed by atoms with Crippen molar-refractivity contribution in [2.45, 2.75) is 13.0 Å². The average molecular weight is 404 g/mol. The number of carbonyl (C=O) groups excluding carboxylic acids is 1. The maximum Gasteiger partial charge on any atom is 0.356 e. The summed E-state index contributed by atoms with van der Waals surface area (Å²) in [5, 5.41) is 0.296. The molecule has 7 heteroatoms. The van der Waals surface area contributed by atoms with E-state index in [-0.39, 0.29) is 23.9 Å². The normalized spacial score (nSPS) is 15.2. The van der Waals surface area contributed by atoms with Gasteiger partial charge in [0.05, 0.1) is 11.6 Å². The Morgan fingerprint density at radius 2 is 1.90 bits per heavy atom. The van der Waals surface area contributed by atoms with Gasteiger partial charge in [0.25, 0.3) is 0 Å². The second kappa shape index (κ2) is 7.11. The fourth-order valence-electron chi connectivity index (χ4n) is 3.25. The number of esters is 1. The summed E-state index contributed by atoms with van der Waals surface area (Å²) < 4.78 is 28.0. The predicted octanol–water partition coefficient (Wildman–Crippen LogP) is 4.11. The van der Waals surface area contributed by atoms with Crippen LogP contribution < -0.4 is 19.6 Å². The first-order chi connectivity index (χ1) is 14.6. The number of furan rings is 1. The maximum atomic E-state index is 13.1. The molecule has 0 bridgehead atoms. The van der Waals surface area contributed by atoms with Crippen molar-refractivity contribution in [3.05, 3.63) is 76.6 Å². The van der Waals surface area contributed by atoms with Crippen LogP contribution in [0.1, 0.15) is 5.56 Å². The zero-order valence-electron chi connectivity index (χ0n) is 15.9. The van der Waals surface area contributed by atoms with E-state index in [4.69, 9.17) is 23.0 Å². The molecule has 1 aliphatic heterocycles. The van der Waals surface area contributed by atoms with Gasteiger partial charge in [-0.25, -0.2) is 4.79 Å². The van der Waals surface area contributed by atoms with Gasteiger partial charge >= 0.3 is 5.97 Å². The van der Waals surface area contributed by atoms with Crippen molar-refractivity contribution in [3.8, 4) is 28.8 Å². The Morgan fingerprint density at radius 3 is 2.70 bits per heavy atom. The van der Waals surface area contributed by atoms with E-state index in [9.17, 15) is 9.59 Å². The Balaban J connectivity index is 1.54. The first-order valence-corrected chi connectivity index (χ1v) is 9.31. The minimum absolute atomic E-state index is 0.0357. The Morgan fingerprint density at radius 1 is 1.07 bits per heavy atom. The molecule has 0 saturated heterocycles. The van der Waals surface area contributed by atoms with Gasteiger partial charge in [-0.1, -0.05) is 18.2 Å². The number of hydrogen-bond donors (Lipinski definition) is 0. The van der Waals surface area contributed by atoms with E-state index in [1.807, 2.05) is 6.92 Å². The Hall–Kier alpha value is -4.00. The summed E-state index contributed by atoms with van der Waals surface area (Å²) in [6, 6.07) is 15.4. The van der Waals surface area contributed by atoms with E-state index in [1.54, 1.807) is 54.6 Å². The number of ether oxygens (including phenoxy) is 3. The SMILES string of the molecule is Cc1ccc2c(=O)c(OC(=O)C3COc4ccccc4O3)c(-c3ccco3)oc2c1. The summed E-state index contributed by atoms with van der Waals surface area (Å²) in [7, 11) is 0. The third-order valence-electron chi connectivity index (χ3n) is 4.73. The van der Waals surface area contributed by atoms with Gasteiger partial charge in [-0.2, -0.15) is 0 Å². The number of rotatable bonds is 3. The van der Waals surface area contributed by atoms with Gasteiger partial charge < -0.3 is 23.0 Å². The highest BCUT2D eigenvalue weighted by molar-refractivity contribution is 5.85. The van der Waals surface area contributed by atoms with Gasteiger partial charge in [0.1, 0.15) is 12.2 Å². The summed E-state index contributed by atoms with van der Waals surface area (Å²) in [5.74, 6) is 0.249. The lowest BCUT2D eigenvalue weighted by atomic mass is 10.1. The van der Waals surface area contributed by atoms with E-state index in [0.29, 0.717) is 22.5 Å². The fraction of sp³-hybridized carbons (Fsp3) is 0.130. The molecular weight excluding hydrogens is 388 g/mol. The number of hydrogen-bond acceptors (Lipinski definition) is 7. The number of para-hydroxylation sites is 2. The fourth-order valence-corrected chi connectivity index (χ4v) is 3.25. The number of fused-ring (bicyclic) bond motifs is 2. The lowest BCUT2D eigenvalue weighted by molar-refractivity contribution is -0.144. The van der Waals surface area contributed by atoms with Crippen LogP contribution in [-0.2, 0) is 4.79 Å². The summed E-state index contributed by atoms with van der Waals surface area (Å²) in [4.78, 5) is 25.9. The number of aryl methyl sites for hydroxylation is 1. The first kappa shape index (κ1) is 18.1. The second-order valence-corrected chi connectivity index (χ2v) is 6.85. The molecule has 0 saturated carbocycles. The Labute approximate surface area is 170 Å². The van der Waals surface area contributed by atoms with Crippen molar-refractivity contribution >= 4 is 16.9 Å². The summed E-state index contributed by atoms with van der Waals surface area (Å²) >= 11 is 0. The van der Waals surface area contributed by atoms with Crippen molar-refractivity contribution in [1.29, 1.82) is 0 Å². The third-order valence-corrected chi connectivity index (χ3v) is 4.73. The van der Waals surface area contributed by atoms with Crippen LogP contribution >= 0.6 is 0 Å². The molecule has 0 radical (unpaired) electrons. The largest absolute Gasteiger partial charge is 0.485 e. The highest BCUT2D eigenvalue weighted by Crippen LogP contribution is 2.34. The van der Waals surface area contributed by atoms with E-state index in [1.165, 1.54) is 6.26 Å². The zero-order chi connectivity index (χ0) is 20.7. The van der Waals surface area contributed by atoms with E-state index in [2.05, 4.69) is 0 Å². The van der Waals surface area contributed by atoms with Gasteiger partial charge in [0.2, 0.25) is 23.0 Å². The second-order valence-electron chi connectivity index (χ2n) is 6.85. The molecule has 2 aromatic heterocycles. The van der Waals surface area contributed by atoms with Crippen LogP contribution in [0.25, 0.3) is 22.5 Å². The Kier molecular flexibility index (Phi) is 4.28. The van der Waals surface area contributed by atoms with Crippen molar-refractivity contribution in [2.75, 3.05) is 6.61 Å². The van der Waals surface area contributed by atoms with Crippen molar-refractivity contribution in [3.63, 3.8) is 0 Å². The van der Waals surface area contributed by atoms with E-state index in [0.717, 1.165) is 5.56 Å². The van der Waals surface area contributed by atoms with Gasteiger partial charge in [-0.3, -0.25) is 4.79 Å². The molecule has 0 aliphatic carbocycles. The average Bonchev–Trinajstić information content (AvgIpc) is 3.29. The molecule has 0 fully saturated rings. The molecule has 4 aromatic rings. The lowest BCUT2D eigenvalue weighted by Crippen LogP contribution is -2.40. The van der Waals surface area contributed by atoms with Crippen LogP contribution in [0, 0.1) is 6.92 Å². The van der Waals surface area contributed by atoms with Crippen LogP contribution in [0.2, 0.25) is 0 Å². The zero-order valence-corrected chi connectivity index (χ0v) is 15.9. The third kappa shape index (κ3) is 3.10. The van der Waals surface area contributed by atoms with Crippen molar-refractivity contribution < 1.29 is 27.8 Å². The molecular formula is C23H16O7. The van der Waals surface area contributed by atoms with Crippen LogP contribution in [0.5, 0.6) is 17.2 Å². The molecule has 1 aliphatic rings. The molecule has 0 spiro atoms. The van der Waals surface area contributed by atoms with Gasteiger partial charge in [0, 0.05) is 0 Å². The standard InChI is InChI=1S/C23H16O7/c1-13-8-9-14-18(11-13)29-21(17-7-4-10-26-17)22(20(14)24)30-23(25)19-12-27-15-5-2-3-6-16(15)28-19/h2-11,19H,12H2,1H3. The first-order valence-electron chi connectivity index (χ1n) is 9.31. The molecule has 1 unspecified atom stereocenters. The molecule has 3 heterocycles. The Bertz CT molecular complexity index is 1300. The van der Waals surface area contributed by atoms with Gasteiger partial charge in [0.15, 0.2) is 17.3 Å². The van der Waals surface area contributed by atoms with Gasteiger partial charge in [-0.15, -0.1) is 0 Å². The molecule has 0 amide bonds. The molecule has 0 N–H and O–H groups in total. The quantitative estimate of drug-likeness (QED) is 0.475. The number of benzene rings is 2. The minimum Gasteiger partial charge on any atom is -0.485 e. The van der Waals surface area contributed by atoms with E-state index < -0.39 is 17.5 Å². The highest BCUT2D eigenvalue weighted by atomic mass is 16.6. The molecule has 7 nitrogen and oxygen atoms in total. The molecule has 150 valence electrons. The molecule has 5 rings (SSSR count). The van der Waals surface area contributed by atoms with E-state index >= 15 is 0 Å². The minimum atomic E-state index is -1.03.